The van der Waals surface area contributed by atoms with Gasteiger partial charge in [0.05, 0.1) is 5.41 Å². The zero-order valence-corrected chi connectivity index (χ0v) is 12.8. The van der Waals surface area contributed by atoms with Crippen LogP contribution in [0.1, 0.15) is 56.9 Å². The van der Waals surface area contributed by atoms with E-state index in [2.05, 4.69) is 48.3 Å². The number of hydrogen-bond acceptors (Lipinski definition) is 4. The summed E-state index contributed by atoms with van der Waals surface area (Å²) < 4.78 is 5.53. The summed E-state index contributed by atoms with van der Waals surface area (Å²) in [6.45, 7) is 4.96. The average molecular weight is 285 g/mol. The number of nitrogens with two attached hydrogens (primary N) is 1. The van der Waals surface area contributed by atoms with Crippen LogP contribution >= 0.6 is 0 Å². The Labute approximate surface area is 125 Å². The van der Waals surface area contributed by atoms with E-state index in [-0.39, 0.29) is 5.41 Å². The molecule has 4 heteroatoms. The van der Waals surface area contributed by atoms with E-state index in [9.17, 15) is 0 Å². The molecule has 0 spiro atoms. The summed E-state index contributed by atoms with van der Waals surface area (Å²) in [7, 11) is 0. The van der Waals surface area contributed by atoms with Crippen molar-refractivity contribution < 1.29 is 4.52 Å². The molecule has 2 N–H and O–H groups in total. The molecule has 112 valence electrons. The van der Waals surface area contributed by atoms with Crippen LogP contribution in [0.4, 0.5) is 0 Å². The van der Waals surface area contributed by atoms with Gasteiger partial charge in [0.25, 0.3) is 0 Å². The first-order valence-electron chi connectivity index (χ1n) is 7.79. The molecule has 1 aliphatic carbocycles. The zero-order valence-electron chi connectivity index (χ0n) is 12.8. The molecule has 1 fully saturated rings. The van der Waals surface area contributed by atoms with Gasteiger partial charge in [-0.05, 0) is 24.3 Å². The second-order valence-corrected chi connectivity index (χ2v) is 6.39. The summed E-state index contributed by atoms with van der Waals surface area (Å²) in [5.41, 5.74) is 8.20. The van der Waals surface area contributed by atoms with Crippen molar-refractivity contribution in [2.75, 3.05) is 6.54 Å². The third kappa shape index (κ3) is 2.60. The van der Waals surface area contributed by atoms with Crippen molar-refractivity contribution in [2.45, 2.75) is 50.9 Å². The van der Waals surface area contributed by atoms with E-state index in [0.29, 0.717) is 24.2 Å². The van der Waals surface area contributed by atoms with Gasteiger partial charge in [-0.2, -0.15) is 4.98 Å². The SMILES string of the molecule is CC(C)c1ccc(-c2noc(C3(CN)CCCC3)n2)cc1. The molecule has 0 saturated heterocycles. The average Bonchev–Trinajstić information content (AvgIpc) is 3.17. The topological polar surface area (TPSA) is 64.9 Å². The lowest BCUT2D eigenvalue weighted by molar-refractivity contribution is 0.284. The van der Waals surface area contributed by atoms with Crippen LogP contribution in [0.5, 0.6) is 0 Å². The van der Waals surface area contributed by atoms with Gasteiger partial charge in [-0.1, -0.05) is 56.1 Å². The number of aromatic nitrogens is 2. The largest absolute Gasteiger partial charge is 0.338 e. The Kier molecular flexibility index (Phi) is 3.81. The van der Waals surface area contributed by atoms with Crippen molar-refractivity contribution in [3.8, 4) is 11.4 Å². The van der Waals surface area contributed by atoms with Crippen molar-refractivity contribution in [1.29, 1.82) is 0 Å². The Morgan fingerprint density at radius 2 is 1.86 bits per heavy atom. The second-order valence-electron chi connectivity index (χ2n) is 6.39. The zero-order chi connectivity index (χ0) is 14.9. The minimum Gasteiger partial charge on any atom is -0.338 e. The Morgan fingerprint density at radius 1 is 1.19 bits per heavy atom. The van der Waals surface area contributed by atoms with Crippen molar-refractivity contribution >= 4 is 0 Å². The molecular weight excluding hydrogens is 262 g/mol. The molecule has 0 unspecified atom stereocenters. The standard InChI is InChI=1S/C17H23N3O/c1-12(2)13-5-7-14(8-6-13)15-19-16(21-20-15)17(11-18)9-3-4-10-17/h5-8,12H,3-4,9-11,18H2,1-2H3. The van der Waals surface area contributed by atoms with Crippen LogP contribution in [-0.4, -0.2) is 16.7 Å². The second kappa shape index (κ2) is 5.60. The van der Waals surface area contributed by atoms with Gasteiger partial charge < -0.3 is 10.3 Å². The molecule has 1 aliphatic rings. The maximum atomic E-state index is 5.97. The normalized spacial score (nSPS) is 17.5. The molecule has 1 heterocycles. The van der Waals surface area contributed by atoms with Gasteiger partial charge in [-0.3, -0.25) is 0 Å². The molecular formula is C17H23N3O. The molecule has 1 saturated carbocycles. The molecule has 1 aromatic heterocycles. The maximum absolute atomic E-state index is 5.97. The first-order chi connectivity index (χ1) is 10.1. The first kappa shape index (κ1) is 14.3. The fraction of sp³-hybridized carbons (Fsp3) is 0.529. The number of benzene rings is 1. The highest BCUT2D eigenvalue weighted by Gasteiger charge is 2.39. The fourth-order valence-corrected chi connectivity index (χ4v) is 3.13. The molecule has 3 rings (SSSR count). The van der Waals surface area contributed by atoms with E-state index < -0.39 is 0 Å². The predicted molar refractivity (Wildman–Crippen MR) is 83.0 cm³/mol. The van der Waals surface area contributed by atoms with Gasteiger partial charge >= 0.3 is 0 Å². The van der Waals surface area contributed by atoms with E-state index >= 15 is 0 Å². The number of hydrogen-bond donors (Lipinski definition) is 1. The van der Waals surface area contributed by atoms with Crippen molar-refractivity contribution in [3.05, 3.63) is 35.7 Å². The van der Waals surface area contributed by atoms with Crippen molar-refractivity contribution in [3.63, 3.8) is 0 Å². The quantitative estimate of drug-likeness (QED) is 0.931. The molecule has 0 amide bonds. The van der Waals surface area contributed by atoms with Gasteiger partial charge in [-0.15, -0.1) is 0 Å². The van der Waals surface area contributed by atoms with Gasteiger partial charge in [-0.25, -0.2) is 0 Å². The van der Waals surface area contributed by atoms with E-state index in [1.54, 1.807) is 0 Å². The van der Waals surface area contributed by atoms with E-state index in [0.717, 1.165) is 18.4 Å². The maximum Gasteiger partial charge on any atom is 0.234 e. The van der Waals surface area contributed by atoms with Gasteiger partial charge in [0, 0.05) is 12.1 Å². The highest BCUT2D eigenvalue weighted by Crippen LogP contribution is 2.39. The molecule has 4 nitrogen and oxygen atoms in total. The van der Waals surface area contributed by atoms with Crippen LogP contribution in [0.3, 0.4) is 0 Å². The molecule has 2 aromatic rings. The van der Waals surface area contributed by atoms with Crippen LogP contribution in [0, 0.1) is 0 Å². The highest BCUT2D eigenvalue weighted by atomic mass is 16.5. The Bertz CT molecular complexity index is 595. The summed E-state index contributed by atoms with van der Waals surface area (Å²) in [5, 5.41) is 4.16. The van der Waals surface area contributed by atoms with E-state index in [4.69, 9.17) is 10.3 Å². The van der Waals surface area contributed by atoms with Gasteiger partial charge in [0.2, 0.25) is 11.7 Å². The lowest BCUT2D eigenvalue weighted by atomic mass is 9.86. The number of rotatable bonds is 4. The van der Waals surface area contributed by atoms with Gasteiger partial charge in [0.1, 0.15) is 0 Å². The highest BCUT2D eigenvalue weighted by molar-refractivity contribution is 5.55. The minimum absolute atomic E-state index is 0.0941. The summed E-state index contributed by atoms with van der Waals surface area (Å²) in [4.78, 5) is 4.62. The van der Waals surface area contributed by atoms with E-state index in [1.807, 2.05) is 0 Å². The molecule has 0 radical (unpaired) electrons. The van der Waals surface area contributed by atoms with Crippen LogP contribution in [0.2, 0.25) is 0 Å². The van der Waals surface area contributed by atoms with Crippen molar-refractivity contribution in [2.24, 2.45) is 5.73 Å². The molecule has 0 atom stereocenters. The lowest BCUT2D eigenvalue weighted by Crippen LogP contribution is -2.32. The summed E-state index contributed by atoms with van der Waals surface area (Å²) in [6.07, 6.45) is 4.49. The first-order valence-corrected chi connectivity index (χ1v) is 7.79. The molecule has 21 heavy (non-hydrogen) atoms. The Balaban J connectivity index is 1.87. The van der Waals surface area contributed by atoms with Crippen molar-refractivity contribution in [1.82, 2.24) is 10.1 Å². The summed E-state index contributed by atoms with van der Waals surface area (Å²) in [6, 6.07) is 8.38. The minimum atomic E-state index is -0.0941. The van der Waals surface area contributed by atoms with Crippen LogP contribution in [-0.2, 0) is 5.41 Å². The summed E-state index contributed by atoms with van der Waals surface area (Å²) in [5.74, 6) is 1.91. The molecule has 1 aromatic carbocycles. The molecule has 0 bridgehead atoms. The third-order valence-electron chi connectivity index (χ3n) is 4.67. The third-order valence-corrected chi connectivity index (χ3v) is 4.67. The Morgan fingerprint density at radius 3 is 2.43 bits per heavy atom. The predicted octanol–water partition coefficient (Wildman–Crippen LogP) is 3.63. The van der Waals surface area contributed by atoms with Gasteiger partial charge in [0.15, 0.2) is 0 Å². The monoisotopic (exact) mass is 285 g/mol. The van der Waals surface area contributed by atoms with Crippen LogP contribution < -0.4 is 5.73 Å². The molecule has 0 aliphatic heterocycles. The number of nitrogens with zero attached hydrogens (tertiary/aromatic N) is 2. The summed E-state index contributed by atoms with van der Waals surface area (Å²) >= 11 is 0. The lowest BCUT2D eigenvalue weighted by Gasteiger charge is -2.21. The van der Waals surface area contributed by atoms with Crippen LogP contribution in [0.15, 0.2) is 28.8 Å². The van der Waals surface area contributed by atoms with E-state index in [1.165, 1.54) is 18.4 Å². The fourth-order valence-electron chi connectivity index (χ4n) is 3.13. The smallest absolute Gasteiger partial charge is 0.234 e. The Hall–Kier alpha value is -1.68. The van der Waals surface area contributed by atoms with Crippen LogP contribution in [0.25, 0.3) is 11.4 Å².